The lowest BCUT2D eigenvalue weighted by Crippen LogP contribution is -2.28. The molecule has 1 aliphatic carbocycles. The van der Waals surface area contributed by atoms with Gasteiger partial charge in [0, 0.05) is 19.9 Å². The average Bonchev–Trinajstić information content (AvgIpc) is 3.32. The van der Waals surface area contributed by atoms with Crippen LogP contribution < -0.4 is 0 Å². The molecule has 0 radical (unpaired) electrons. The van der Waals surface area contributed by atoms with E-state index in [0.29, 0.717) is 18.6 Å². The SMILES string of the molecule is Cc1cc(C)c(C(=O)OCC[Si](C)(C)C)c(/C=C/C[C@@H]2OC(C)(C)O[C@@H]2C(C)/C=C\[C@@H]2CCC[C@H]2O)c1. The summed E-state index contributed by atoms with van der Waals surface area (Å²) >= 11 is 0. The summed E-state index contributed by atoms with van der Waals surface area (Å²) in [5.41, 5.74) is 3.57. The van der Waals surface area contributed by atoms with E-state index in [2.05, 4.69) is 44.8 Å². The van der Waals surface area contributed by atoms with Crippen LogP contribution in [0.25, 0.3) is 6.08 Å². The van der Waals surface area contributed by atoms with Crippen molar-refractivity contribution in [3.63, 3.8) is 0 Å². The Kier molecular flexibility index (Phi) is 10.0. The molecule has 0 aromatic heterocycles. The van der Waals surface area contributed by atoms with Gasteiger partial charge in [0.2, 0.25) is 0 Å². The van der Waals surface area contributed by atoms with Gasteiger partial charge in [0.25, 0.3) is 0 Å². The Hall–Kier alpha value is -1.73. The molecule has 5 nitrogen and oxygen atoms in total. The summed E-state index contributed by atoms with van der Waals surface area (Å²) in [5.74, 6) is -0.498. The zero-order valence-electron chi connectivity index (χ0n) is 24.2. The first-order valence-corrected chi connectivity index (χ1v) is 17.6. The largest absolute Gasteiger partial charge is 0.462 e. The van der Waals surface area contributed by atoms with Crippen molar-refractivity contribution in [3.8, 4) is 0 Å². The van der Waals surface area contributed by atoms with Crippen molar-refractivity contribution in [1.29, 1.82) is 0 Å². The van der Waals surface area contributed by atoms with Gasteiger partial charge in [0.1, 0.15) is 0 Å². The highest BCUT2D eigenvalue weighted by atomic mass is 28.3. The molecule has 0 amide bonds. The van der Waals surface area contributed by atoms with Gasteiger partial charge in [-0.1, -0.05) is 75.0 Å². The second kappa shape index (κ2) is 12.4. The van der Waals surface area contributed by atoms with Crippen LogP contribution >= 0.6 is 0 Å². The van der Waals surface area contributed by atoms with E-state index in [1.54, 1.807) is 0 Å². The van der Waals surface area contributed by atoms with Crippen LogP contribution in [0.15, 0.2) is 30.4 Å². The maximum Gasteiger partial charge on any atom is 0.338 e. The number of carbonyl (C=O) groups is 1. The zero-order chi connectivity index (χ0) is 27.4. The van der Waals surface area contributed by atoms with Gasteiger partial charge in [-0.25, -0.2) is 4.79 Å². The van der Waals surface area contributed by atoms with Gasteiger partial charge >= 0.3 is 5.97 Å². The first-order valence-electron chi connectivity index (χ1n) is 13.9. The summed E-state index contributed by atoms with van der Waals surface area (Å²) in [4.78, 5) is 13.0. The van der Waals surface area contributed by atoms with Crippen LogP contribution in [0.2, 0.25) is 25.7 Å². The van der Waals surface area contributed by atoms with E-state index in [-0.39, 0.29) is 36.1 Å². The lowest BCUT2D eigenvalue weighted by molar-refractivity contribution is -0.148. The van der Waals surface area contributed by atoms with Gasteiger partial charge in [0.05, 0.1) is 30.5 Å². The van der Waals surface area contributed by atoms with Crippen LogP contribution in [-0.4, -0.2) is 49.9 Å². The highest BCUT2D eigenvalue weighted by Gasteiger charge is 2.42. The van der Waals surface area contributed by atoms with Crippen LogP contribution in [0.4, 0.5) is 0 Å². The third-order valence-electron chi connectivity index (χ3n) is 7.40. The molecule has 1 aromatic carbocycles. The van der Waals surface area contributed by atoms with E-state index in [1.807, 2.05) is 45.9 Å². The number of carbonyl (C=O) groups excluding carboxylic acids is 1. The van der Waals surface area contributed by atoms with E-state index in [0.717, 1.165) is 42.0 Å². The molecular formula is C31H48O5Si. The molecule has 1 saturated carbocycles. The molecule has 0 spiro atoms. The fraction of sp³-hybridized carbons (Fsp3) is 0.645. The lowest BCUT2D eigenvalue weighted by Gasteiger charge is -2.21. The number of ether oxygens (including phenoxy) is 3. The topological polar surface area (TPSA) is 65.0 Å². The Balaban J connectivity index is 1.71. The minimum Gasteiger partial charge on any atom is -0.462 e. The van der Waals surface area contributed by atoms with Gasteiger partial charge in [-0.3, -0.25) is 0 Å². The summed E-state index contributed by atoms with van der Waals surface area (Å²) in [6.45, 7) is 17.4. The van der Waals surface area contributed by atoms with E-state index < -0.39 is 13.9 Å². The normalized spacial score (nSPS) is 26.8. The number of hydrogen-bond donors (Lipinski definition) is 1. The van der Waals surface area contributed by atoms with Crippen molar-refractivity contribution in [1.82, 2.24) is 0 Å². The molecule has 206 valence electrons. The molecule has 5 atom stereocenters. The highest BCUT2D eigenvalue weighted by Crippen LogP contribution is 2.35. The molecule has 1 aliphatic heterocycles. The molecule has 3 rings (SSSR count). The third kappa shape index (κ3) is 8.64. The number of benzene rings is 1. The van der Waals surface area contributed by atoms with Crippen molar-refractivity contribution in [2.75, 3.05) is 6.61 Å². The lowest BCUT2D eigenvalue weighted by atomic mass is 9.94. The van der Waals surface area contributed by atoms with Gasteiger partial charge in [-0.15, -0.1) is 0 Å². The van der Waals surface area contributed by atoms with Crippen LogP contribution in [-0.2, 0) is 14.2 Å². The molecule has 6 heteroatoms. The van der Waals surface area contributed by atoms with Gasteiger partial charge < -0.3 is 19.3 Å². The first kappa shape index (κ1) is 29.8. The Morgan fingerprint density at radius 2 is 1.95 bits per heavy atom. The molecule has 1 heterocycles. The van der Waals surface area contributed by atoms with Gasteiger partial charge in [-0.05, 0) is 64.1 Å². The van der Waals surface area contributed by atoms with Crippen molar-refractivity contribution in [3.05, 3.63) is 52.6 Å². The third-order valence-corrected chi connectivity index (χ3v) is 9.10. The minimum absolute atomic E-state index is 0.0836. The molecule has 1 saturated heterocycles. The van der Waals surface area contributed by atoms with E-state index in [4.69, 9.17) is 14.2 Å². The summed E-state index contributed by atoms with van der Waals surface area (Å²) in [5, 5.41) is 10.2. The number of aliphatic hydroxyl groups is 1. The van der Waals surface area contributed by atoms with Gasteiger partial charge in [-0.2, -0.15) is 0 Å². The van der Waals surface area contributed by atoms with E-state index in [9.17, 15) is 9.90 Å². The number of aliphatic hydroxyl groups excluding tert-OH is 1. The quantitative estimate of drug-likeness (QED) is 0.200. The van der Waals surface area contributed by atoms with Crippen molar-refractivity contribution < 1.29 is 24.1 Å². The molecule has 0 bridgehead atoms. The van der Waals surface area contributed by atoms with Crippen molar-refractivity contribution in [2.45, 2.75) is 110 Å². The van der Waals surface area contributed by atoms with Gasteiger partial charge in [0.15, 0.2) is 5.79 Å². The minimum atomic E-state index is -1.28. The Morgan fingerprint density at radius 3 is 2.59 bits per heavy atom. The number of aryl methyl sites for hydroxylation is 2. The fourth-order valence-corrected chi connectivity index (χ4v) is 6.09. The summed E-state index contributed by atoms with van der Waals surface area (Å²) in [6.07, 6.45) is 11.7. The Morgan fingerprint density at radius 1 is 1.22 bits per heavy atom. The van der Waals surface area contributed by atoms with Crippen molar-refractivity contribution >= 4 is 20.1 Å². The van der Waals surface area contributed by atoms with E-state index >= 15 is 0 Å². The number of rotatable bonds is 10. The van der Waals surface area contributed by atoms with E-state index in [1.165, 1.54) is 0 Å². The smallest absolute Gasteiger partial charge is 0.338 e. The summed E-state index contributed by atoms with van der Waals surface area (Å²) in [6, 6.07) is 5.04. The second-order valence-corrected chi connectivity index (χ2v) is 18.3. The first-order chi connectivity index (χ1) is 17.3. The maximum absolute atomic E-state index is 13.0. The molecule has 2 aliphatic rings. The van der Waals surface area contributed by atoms with Crippen LogP contribution in [0.1, 0.15) is 73.5 Å². The summed E-state index contributed by atoms with van der Waals surface area (Å²) < 4.78 is 18.3. The predicted molar refractivity (Wildman–Crippen MR) is 153 cm³/mol. The molecule has 1 N–H and O–H groups in total. The Bertz CT molecular complexity index is 990. The fourth-order valence-electron chi connectivity index (χ4n) is 5.37. The molecule has 2 fully saturated rings. The maximum atomic E-state index is 13.0. The monoisotopic (exact) mass is 528 g/mol. The van der Waals surface area contributed by atoms with Crippen molar-refractivity contribution in [2.24, 2.45) is 11.8 Å². The average molecular weight is 529 g/mol. The molecular weight excluding hydrogens is 480 g/mol. The van der Waals surface area contributed by atoms with Crippen LogP contribution in [0.3, 0.4) is 0 Å². The molecule has 37 heavy (non-hydrogen) atoms. The van der Waals surface area contributed by atoms with Crippen LogP contribution in [0, 0.1) is 25.7 Å². The number of esters is 1. The van der Waals surface area contributed by atoms with Crippen LogP contribution in [0.5, 0.6) is 0 Å². The standard InChI is InChI=1S/C31H48O5Si/c1-21-19-23(3)28(30(33)34-17-18-37(6,7)8)25(20-21)12-10-14-27-29(36-31(4,5)35-27)22(2)15-16-24-11-9-13-26(24)32/h10,12,15-16,19-20,22,24,26-27,29,32H,9,11,13-14,17-18H2,1-8H3/b12-10+,16-15-/t22?,24-,26+,27-,29+/m0/s1. The Labute approximate surface area is 225 Å². The molecule has 1 aromatic rings. The molecule has 1 unspecified atom stereocenters. The second-order valence-electron chi connectivity index (χ2n) is 12.7. The predicted octanol–water partition coefficient (Wildman–Crippen LogP) is 7.08. The summed E-state index contributed by atoms with van der Waals surface area (Å²) in [7, 11) is -1.28. The zero-order valence-corrected chi connectivity index (χ0v) is 25.2. The number of hydrogen-bond acceptors (Lipinski definition) is 5. The highest BCUT2D eigenvalue weighted by molar-refractivity contribution is 6.76.